The summed E-state index contributed by atoms with van der Waals surface area (Å²) >= 11 is 0. The molecule has 0 saturated heterocycles. The molecule has 0 aliphatic carbocycles. The Morgan fingerprint density at radius 1 is 1.44 bits per heavy atom. The van der Waals surface area contributed by atoms with E-state index in [1.165, 1.54) is 24.0 Å². The second kappa shape index (κ2) is 6.21. The number of benzene rings is 1. The maximum absolute atomic E-state index is 5.36. The minimum absolute atomic E-state index is 0.539. The van der Waals surface area contributed by atoms with E-state index in [0.29, 0.717) is 6.04 Å². The Kier molecular flexibility index (Phi) is 4.61. The number of hydrogen-bond acceptors (Lipinski definition) is 3. The average molecular weight is 248 g/mol. The fourth-order valence-electron chi connectivity index (χ4n) is 2.78. The van der Waals surface area contributed by atoms with Crippen molar-refractivity contribution in [3.8, 4) is 5.75 Å². The van der Waals surface area contributed by atoms with Crippen molar-refractivity contribution >= 4 is 0 Å². The highest BCUT2D eigenvalue weighted by Crippen LogP contribution is 2.34. The summed E-state index contributed by atoms with van der Waals surface area (Å²) in [5.41, 5.74) is 2.95. The van der Waals surface area contributed by atoms with E-state index >= 15 is 0 Å². The quantitative estimate of drug-likeness (QED) is 0.809. The van der Waals surface area contributed by atoms with Crippen LogP contribution in [0.2, 0.25) is 0 Å². The molecular formula is C15H24N2O. The van der Waals surface area contributed by atoms with Gasteiger partial charge in [-0.05, 0) is 63.2 Å². The number of methoxy groups -OCH3 is 1. The molecule has 1 aromatic carbocycles. The predicted octanol–water partition coefficient (Wildman–Crippen LogP) is 2.22. The molecule has 2 rings (SSSR count). The van der Waals surface area contributed by atoms with Gasteiger partial charge in [0.25, 0.3) is 0 Å². The Morgan fingerprint density at radius 3 is 3.00 bits per heavy atom. The first-order valence-corrected chi connectivity index (χ1v) is 6.78. The number of nitrogens with zero attached hydrogens (tertiary/aromatic N) is 1. The highest BCUT2D eigenvalue weighted by Gasteiger charge is 2.24. The zero-order chi connectivity index (χ0) is 13.0. The highest BCUT2D eigenvalue weighted by molar-refractivity contribution is 5.39. The van der Waals surface area contributed by atoms with Crippen LogP contribution in [0, 0.1) is 0 Å². The average Bonchev–Trinajstić information content (AvgIpc) is 2.41. The SMILES string of the molecule is CNCCCC1c2cc(OC)ccc2CCN1C. The van der Waals surface area contributed by atoms with Crippen molar-refractivity contribution in [2.24, 2.45) is 0 Å². The van der Waals surface area contributed by atoms with Gasteiger partial charge in [-0.2, -0.15) is 0 Å². The van der Waals surface area contributed by atoms with Crippen LogP contribution in [-0.4, -0.2) is 39.2 Å². The number of nitrogens with one attached hydrogen (secondary N) is 1. The van der Waals surface area contributed by atoms with E-state index in [4.69, 9.17) is 4.74 Å². The van der Waals surface area contributed by atoms with Gasteiger partial charge in [0.15, 0.2) is 0 Å². The molecule has 0 radical (unpaired) electrons. The fourth-order valence-corrected chi connectivity index (χ4v) is 2.78. The van der Waals surface area contributed by atoms with Gasteiger partial charge in [-0.25, -0.2) is 0 Å². The summed E-state index contributed by atoms with van der Waals surface area (Å²) in [6.07, 6.45) is 3.57. The highest BCUT2D eigenvalue weighted by atomic mass is 16.5. The Labute approximate surface area is 110 Å². The molecule has 18 heavy (non-hydrogen) atoms. The third-order valence-electron chi connectivity index (χ3n) is 3.88. The number of hydrogen-bond donors (Lipinski definition) is 1. The van der Waals surface area contributed by atoms with E-state index in [1.807, 2.05) is 7.05 Å². The van der Waals surface area contributed by atoms with E-state index in [1.54, 1.807) is 7.11 Å². The van der Waals surface area contributed by atoms with Gasteiger partial charge in [-0.1, -0.05) is 6.07 Å². The Hall–Kier alpha value is -1.06. The van der Waals surface area contributed by atoms with Gasteiger partial charge in [0, 0.05) is 12.6 Å². The summed E-state index contributed by atoms with van der Waals surface area (Å²) in [4.78, 5) is 2.47. The van der Waals surface area contributed by atoms with E-state index in [-0.39, 0.29) is 0 Å². The molecule has 1 N–H and O–H groups in total. The molecule has 0 aromatic heterocycles. The summed E-state index contributed by atoms with van der Waals surface area (Å²) in [6.45, 7) is 2.24. The van der Waals surface area contributed by atoms with Crippen molar-refractivity contribution in [1.29, 1.82) is 0 Å². The van der Waals surface area contributed by atoms with Crippen LogP contribution in [-0.2, 0) is 6.42 Å². The van der Waals surface area contributed by atoms with Gasteiger partial charge in [0.05, 0.1) is 7.11 Å². The maximum Gasteiger partial charge on any atom is 0.119 e. The summed E-state index contributed by atoms with van der Waals surface area (Å²) in [6, 6.07) is 7.06. The zero-order valence-electron chi connectivity index (χ0n) is 11.7. The molecule has 0 spiro atoms. The molecule has 1 aliphatic heterocycles. The first-order valence-electron chi connectivity index (χ1n) is 6.78. The summed E-state index contributed by atoms with van der Waals surface area (Å²) in [5, 5.41) is 3.23. The summed E-state index contributed by atoms with van der Waals surface area (Å²) in [5.74, 6) is 0.975. The molecule has 0 saturated carbocycles. The van der Waals surface area contributed by atoms with Crippen LogP contribution in [0.25, 0.3) is 0 Å². The molecule has 0 bridgehead atoms. The lowest BCUT2D eigenvalue weighted by atomic mass is 9.90. The van der Waals surface area contributed by atoms with Gasteiger partial charge in [0.1, 0.15) is 5.75 Å². The first-order chi connectivity index (χ1) is 8.76. The third-order valence-corrected chi connectivity index (χ3v) is 3.88. The van der Waals surface area contributed by atoms with E-state index < -0.39 is 0 Å². The lowest BCUT2D eigenvalue weighted by Gasteiger charge is -2.35. The number of ether oxygens (including phenoxy) is 1. The second-order valence-corrected chi connectivity index (χ2v) is 5.06. The van der Waals surface area contributed by atoms with Gasteiger partial charge in [0.2, 0.25) is 0 Å². The third kappa shape index (κ3) is 2.85. The van der Waals surface area contributed by atoms with Gasteiger partial charge in [-0.15, -0.1) is 0 Å². The van der Waals surface area contributed by atoms with Crippen molar-refractivity contribution in [3.63, 3.8) is 0 Å². The molecule has 1 atom stereocenters. The number of likely N-dealkylation sites (N-methyl/N-ethyl adjacent to an activating group) is 1. The second-order valence-electron chi connectivity index (χ2n) is 5.06. The Morgan fingerprint density at radius 2 is 2.28 bits per heavy atom. The number of fused-ring (bicyclic) bond motifs is 1. The van der Waals surface area contributed by atoms with Crippen LogP contribution < -0.4 is 10.1 Å². The van der Waals surface area contributed by atoms with Crippen LogP contribution >= 0.6 is 0 Å². The van der Waals surface area contributed by atoms with E-state index in [9.17, 15) is 0 Å². The van der Waals surface area contributed by atoms with Gasteiger partial charge < -0.3 is 10.1 Å². The van der Waals surface area contributed by atoms with Gasteiger partial charge >= 0.3 is 0 Å². The van der Waals surface area contributed by atoms with E-state index in [0.717, 1.165) is 25.3 Å². The molecule has 1 aromatic rings. The smallest absolute Gasteiger partial charge is 0.119 e. The molecule has 1 heterocycles. The van der Waals surface area contributed by atoms with Crippen LogP contribution in [0.3, 0.4) is 0 Å². The molecule has 3 heteroatoms. The molecule has 0 fully saturated rings. The zero-order valence-corrected chi connectivity index (χ0v) is 11.7. The van der Waals surface area contributed by atoms with Crippen LogP contribution in [0.15, 0.2) is 18.2 Å². The van der Waals surface area contributed by atoms with Crippen LogP contribution in [0.4, 0.5) is 0 Å². The van der Waals surface area contributed by atoms with Gasteiger partial charge in [-0.3, -0.25) is 4.90 Å². The molecule has 0 amide bonds. The fraction of sp³-hybridized carbons (Fsp3) is 0.600. The molecule has 100 valence electrons. The Balaban J connectivity index is 2.19. The minimum Gasteiger partial charge on any atom is -0.497 e. The van der Waals surface area contributed by atoms with Crippen molar-refractivity contribution < 1.29 is 4.74 Å². The van der Waals surface area contributed by atoms with Crippen molar-refractivity contribution in [2.45, 2.75) is 25.3 Å². The standard InChI is InChI=1S/C15H24N2O/c1-16-9-4-5-15-14-11-13(18-3)7-6-12(14)8-10-17(15)2/h6-7,11,15-16H,4-5,8-10H2,1-3H3. The van der Waals surface area contributed by atoms with Crippen LogP contribution in [0.5, 0.6) is 5.75 Å². The van der Waals surface area contributed by atoms with Crippen LogP contribution in [0.1, 0.15) is 30.0 Å². The topological polar surface area (TPSA) is 24.5 Å². The maximum atomic E-state index is 5.36. The Bertz CT molecular complexity index is 392. The minimum atomic E-state index is 0.539. The first kappa shape index (κ1) is 13.4. The van der Waals surface area contributed by atoms with E-state index in [2.05, 4.69) is 35.5 Å². The largest absolute Gasteiger partial charge is 0.497 e. The molecular weight excluding hydrogens is 224 g/mol. The summed E-state index contributed by atoms with van der Waals surface area (Å²) < 4.78 is 5.36. The van der Waals surface area contributed by atoms with Crippen molar-refractivity contribution in [3.05, 3.63) is 29.3 Å². The predicted molar refractivity (Wildman–Crippen MR) is 75.2 cm³/mol. The molecule has 3 nitrogen and oxygen atoms in total. The monoisotopic (exact) mass is 248 g/mol. The van der Waals surface area contributed by atoms with Crippen molar-refractivity contribution in [1.82, 2.24) is 10.2 Å². The van der Waals surface area contributed by atoms with Crippen molar-refractivity contribution in [2.75, 3.05) is 34.3 Å². The molecule has 1 aliphatic rings. The normalized spacial score (nSPS) is 19.6. The number of rotatable bonds is 5. The molecule has 1 unspecified atom stereocenters. The summed E-state index contributed by atoms with van der Waals surface area (Å²) in [7, 11) is 5.98. The lowest BCUT2D eigenvalue weighted by molar-refractivity contribution is 0.215. The lowest BCUT2D eigenvalue weighted by Crippen LogP contribution is -2.32.